The molecule has 1 aromatic carbocycles. The number of hydrogen-bond acceptors (Lipinski definition) is 2. The van der Waals surface area contributed by atoms with Crippen molar-refractivity contribution in [3.05, 3.63) is 35.4 Å². The topological polar surface area (TPSA) is 45.7 Å². The molecule has 0 unspecified atom stereocenters. The summed E-state index contributed by atoms with van der Waals surface area (Å²) in [5.41, 5.74) is 2.65. The van der Waals surface area contributed by atoms with Crippen molar-refractivity contribution < 1.29 is 4.74 Å². The molecule has 0 aliphatic carbocycles. The Balaban J connectivity index is 0.00000400. The van der Waals surface area contributed by atoms with Crippen molar-refractivity contribution in [2.45, 2.75) is 33.7 Å². The Labute approximate surface area is 145 Å². The molecule has 120 valence electrons. The Morgan fingerprint density at radius 1 is 1.10 bits per heavy atom. The second kappa shape index (κ2) is 12.9. The van der Waals surface area contributed by atoms with Crippen molar-refractivity contribution in [3.63, 3.8) is 0 Å². The molecule has 0 saturated carbocycles. The van der Waals surface area contributed by atoms with Crippen LogP contribution in [0.4, 0.5) is 0 Å². The Hall–Kier alpha value is -0.820. The minimum absolute atomic E-state index is 0. The molecule has 0 fully saturated rings. The predicted molar refractivity (Wildman–Crippen MR) is 101 cm³/mol. The lowest BCUT2D eigenvalue weighted by Gasteiger charge is -2.12. The minimum Gasteiger partial charge on any atom is -0.380 e. The van der Waals surface area contributed by atoms with Crippen LogP contribution in [0.2, 0.25) is 0 Å². The minimum atomic E-state index is 0. The average Bonchev–Trinajstić information content (AvgIpc) is 2.49. The van der Waals surface area contributed by atoms with Crippen LogP contribution in [0.3, 0.4) is 0 Å². The molecule has 5 heteroatoms. The zero-order valence-electron chi connectivity index (χ0n) is 13.3. The molecule has 1 rings (SSSR count). The van der Waals surface area contributed by atoms with Crippen LogP contribution >= 0.6 is 24.0 Å². The summed E-state index contributed by atoms with van der Waals surface area (Å²) in [6.07, 6.45) is 1.04. The van der Waals surface area contributed by atoms with Crippen LogP contribution in [-0.4, -0.2) is 32.3 Å². The summed E-state index contributed by atoms with van der Waals surface area (Å²) >= 11 is 0. The molecule has 0 aromatic heterocycles. The lowest BCUT2D eigenvalue weighted by Crippen LogP contribution is -2.39. The summed E-state index contributed by atoms with van der Waals surface area (Å²) in [5.74, 6) is 0.845. The van der Waals surface area contributed by atoms with Gasteiger partial charge in [0.2, 0.25) is 0 Å². The number of ether oxygens (including phenoxy) is 1. The van der Waals surface area contributed by atoms with Crippen LogP contribution in [-0.2, 0) is 17.7 Å². The smallest absolute Gasteiger partial charge is 0.191 e. The number of benzene rings is 1. The van der Waals surface area contributed by atoms with Crippen LogP contribution in [0.25, 0.3) is 0 Å². The third kappa shape index (κ3) is 8.26. The lowest BCUT2D eigenvalue weighted by atomic mass is 10.1. The van der Waals surface area contributed by atoms with Crippen LogP contribution in [0, 0.1) is 0 Å². The Bertz CT molecular complexity index is 410. The number of aliphatic imine (C=N–C) groups is 1. The van der Waals surface area contributed by atoms with Crippen LogP contribution in [0.5, 0.6) is 0 Å². The maximum Gasteiger partial charge on any atom is 0.191 e. The molecule has 0 atom stereocenters. The van der Waals surface area contributed by atoms with Crippen molar-refractivity contribution >= 4 is 29.9 Å². The number of nitrogens with zero attached hydrogens (tertiary/aromatic N) is 1. The quantitative estimate of drug-likeness (QED) is 0.303. The van der Waals surface area contributed by atoms with E-state index in [0.29, 0.717) is 13.2 Å². The fraction of sp³-hybridized carbons (Fsp3) is 0.562. The Morgan fingerprint density at radius 2 is 1.81 bits per heavy atom. The van der Waals surface area contributed by atoms with Gasteiger partial charge in [-0.2, -0.15) is 0 Å². The van der Waals surface area contributed by atoms with E-state index in [2.05, 4.69) is 53.7 Å². The molecule has 0 saturated heterocycles. The monoisotopic (exact) mass is 405 g/mol. The van der Waals surface area contributed by atoms with Gasteiger partial charge < -0.3 is 15.4 Å². The average molecular weight is 405 g/mol. The number of hydrogen-bond donors (Lipinski definition) is 2. The fourth-order valence-corrected chi connectivity index (χ4v) is 1.95. The highest BCUT2D eigenvalue weighted by molar-refractivity contribution is 14.0. The van der Waals surface area contributed by atoms with Gasteiger partial charge in [0.25, 0.3) is 0 Å². The highest BCUT2D eigenvalue weighted by Gasteiger charge is 2.00. The van der Waals surface area contributed by atoms with Gasteiger partial charge in [0, 0.05) is 19.7 Å². The zero-order chi connectivity index (χ0) is 14.6. The van der Waals surface area contributed by atoms with Gasteiger partial charge in [-0.05, 0) is 31.4 Å². The van der Waals surface area contributed by atoms with E-state index in [1.165, 1.54) is 11.1 Å². The summed E-state index contributed by atoms with van der Waals surface area (Å²) in [7, 11) is 0. The van der Waals surface area contributed by atoms with E-state index in [1.807, 2.05) is 6.92 Å². The number of halogens is 1. The van der Waals surface area contributed by atoms with E-state index >= 15 is 0 Å². The van der Waals surface area contributed by atoms with Gasteiger partial charge in [-0.3, -0.25) is 0 Å². The molecule has 0 radical (unpaired) electrons. The van der Waals surface area contributed by atoms with E-state index < -0.39 is 0 Å². The Morgan fingerprint density at radius 3 is 2.43 bits per heavy atom. The molecule has 0 aliphatic rings. The van der Waals surface area contributed by atoms with E-state index in [4.69, 9.17) is 4.74 Å². The fourth-order valence-electron chi connectivity index (χ4n) is 1.95. The first-order valence-corrected chi connectivity index (χ1v) is 7.48. The van der Waals surface area contributed by atoms with E-state index in [9.17, 15) is 0 Å². The number of aryl methyl sites for hydroxylation is 1. The first kappa shape index (κ1) is 20.2. The molecule has 0 spiro atoms. The van der Waals surface area contributed by atoms with Crippen molar-refractivity contribution in [2.75, 3.05) is 26.3 Å². The molecular weight excluding hydrogens is 377 g/mol. The van der Waals surface area contributed by atoms with Crippen molar-refractivity contribution in [1.82, 2.24) is 10.6 Å². The second-order valence-corrected chi connectivity index (χ2v) is 4.44. The number of rotatable bonds is 8. The van der Waals surface area contributed by atoms with Gasteiger partial charge in [-0.15, -0.1) is 24.0 Å². The third-order valence-electron chi connectivity index (χ3n) is 2.99. The van der Waals surface area contributed by atoms with Crippen LogP contribution < -0.4 is 10.6 Å². The van der Waals surface area contributed by atoms with Crippen LogP contribution in [0.15, 0.2) is 29.3 Å². The Kier molecular flexibility index (Phi) is 12.4. The highest BCUT2D eigenvalue weighted by atomic mass is 127. The standard InChI is InChI=1S/C16H27N3O.HI/c1-4-14-9-7-8-10-15(14)13-19-16(17-5-2)18-11-12-20-6-3;/h7-10H,4-6,11-13H2,1-3H3,(H2,17,18,19);1H. The normalized spacial score (nSPS) is 10.9. The molecule has 2 N–H and O–H groups in total. The second-order valence-electron chi connectivity index (χ2n) is 4.44. The lowest BCUT2D eigenvalue weighted by molar-refractivity contribution is 0.152. The van der Waals surface area contributed by atoms with E-state index in [-0.39, 0.29) is 24.0 Å². The van der Waals surface area contributed by atoms with Gasteiger partial charge in [-0.1, -0.05) is 31.2 Å². The first-order valence-electron chi connectivity index (χ1n) is 7.48. The summed E-state index contributed by atoms with van der Waals surface area (Å²) < 4.78 is 5.32. The van der Waals surface area contributed by atoms with Gasteiger partial charge in [0.15, 0.2) is 5.96 Å². The van der Waals surface area contributed by atoms with Gasteiger partial charge in [0.1, 0.15) is 0 Å². The number of guanidine groups is 1. The molecule has 0 aliphatic heterocycles. The third-order valence-corrected chi connectivity index (χ3v) is 2.99. The highest BCUT2D eigenvalue weighted by Crippen LogP contribution is 2.10. The van der Waals surface area contributed by atoms with E-state index in [0.717, 1.165) is 32.1 Å². The molecule has 21 heavy (non-hydrogen) atoms. The van der Waals surface area contributed by atoms with E-state index in [1.54, 1.807) is 0 Å². The number of nitrogens with one attached hydrogen (secondary N) is 2. The molecular formula is C16H28IN3O. The maximum absolute atomic E-state index is 5.32. The molecule has 0 amide bonds. The van der Waals surface area contributed by atoms with Gasteiger partial charge in [0.05, 0.1) is 13.2 Å². The molecule has 4 nitrogen and oxygen atoms in total. The maximum atomic E-state index is 5.32. The summed E-state index contributed by atoms with van der Waals surface area (Å²) in [5, 5.41) is 6.53. The molecule has 1 aromatic rings. The SMILES string of the molecule is CCNC(=NCc1ccccc1CC)NCCOCC.I. The molecule has 0 bridgehead atoms. The summed E-state index contributed by atoms with van der Waals surface area (Å²) in [6, 6.07) is 8.46. The van der Waals surface area contributed by atoms with Crippen molar-refractivity contribution in [3.8, 4) is 0 Å². The van der Waals surface area contributed by atoms with Gasteiger partial charge in [-0.25, -0.2) is 4.99 Å². The van der Waals surface area contributed by atoms with Crippen LogP contribution in [0.1, 0.15) is 31.9 Å². The predicted octanol–water partition coefficient (Wildman–Crippen LogP) is 2.96. The van der Waals surface area contributed by atoms with Crippen molar-refractivity contribution in [1.29, 1.82) is 0 Å². The largest absolute Gasteiger partial charge is 0.380 e. The zero-order valence-corrected chi connectivity index (χ0v) is 15.6. The van der Waals surface area contributed by atoms with Gasteiger partial charge >= 0.3 is 0 Å². The van der Waals surface area contributed by atoms with Crippen molar-refractivity contribution in [2.24, 2.45) is 4.99 Å². The summed E-state index contributed by atoms with van der Waals surface area (Å²) in [4.78, 5) is 4.63. The summed E-state index contributed by atoms with van der Waals surface area (Å²) in [6.45, 7) is 10.0. The molecule has 0 heterocycles. The first-order chi connectivity index (χ1) is 9.81.